The predicted molar refractivity (Wildman–Crippen MR) is 139 cm³/mol. The van der Waals surface area contributed by atoms with Crippen molar-refractivity contribution in [2.24, 2.45) is 0 Å². The van der Waals surface area contributed by atoms with Crippen LogP contribution in [0.3, 0.4) is 0 Å². The first-order chi connectivity index (χ1) is 17.4. The first-order valence-electron chi connectivity index (χ1n) is 12.1. The fraction of sp³-hybridized carbons (Fsp3) is 0.233. The van der Waals surface area contributed by atoms with Gasteiger partial charge in [-0.1, -0.05) is 85.8 Å². The summed E-state index contributed by atoms with van der Waals surface area (Å²) >= 11 is 0. The normalized spacial score (nSPS) is 12.2. The van der Waals surface area contributed by atoms with Gasteiger partial charge in [0.2, 0.25) is 0 Å². The predicted octanol–water partition coefficient (Wildman–Crippen LogP) is 7.17. The highest BCUT2D eigenvalue weighted by Gasteiger charge is 2.28. The molecular weight excluding hydrogens is 456 g/mol. The van der Waals surface area contributed by atoms with Gasteiger partial charge in [0.05, 0.1) is 6.04 Å². The molecule has 4 nitrogen and oxygen atoms in total. The van der Waals surface area contributed by atoms with E-state index in [0.717, 1.165) is 27.9 Å². The molecule has 4 aromatic rings. The highest BCUT2D eigenvalue weighted by Crippen LogP contribution is 2.31. The quantitative estimate of drug-likeness (QED) is 0.259. The fourth-order valence-electron chi connectivity index (χ4n) is 4.05. The average molecular weight is 486 g/mol. The topological polar surface area (TPSA) is 54.9 Å². The smallest absolute Gasteiger partial charge is 0.273 e. The van der Waals surface area contributed by atoms with Crippen LogP contribution in [0.4, 0.5) is 14.6 Å². The van der Waals surface area contributed by atoms with Crippen molar-refractivity contribution in [3.63, 3.8) is 0 Å². The van der Waals surface area contributed by atoms with Crippen molar-refractivity contribution in [3.8, 4) is 11.3 Å². The second kappa shape index (κ2) is 11.2. The highest BCUT2D eigenvalue weighted by molar-refractivity contribution is 5.83. The van der Waals surface area contributed by atoms with Gasteiger partial charge in [-0.3, -0.25) is 9.78 Å². The highest BCUT2D eigenvalue weighted by atomic mass is 19.3. The molecule has 1 heterocycles. The van der Waals surface area contributed by atoms with Gasteiger partial charge in [-0.15, -0.1) is 0 Å². The molecule has 3 aromatic carbocycles. The minimum absolute atomic E-state index is 0.0205. The van der Waals surface area contributed by atoms with Gasteiger partial charge >= 0.3 is 0 Å². The number of halogens is 2. The van der Waals surface area contributed by atoms with E-state index in [1.807, 2.05) is 42.5 Å². The van der Waals surface area contributed by atoms with Crippen molar-refractivity contribution in [2.75, 3.05) is 5.32 Å². The monoisotopic (exact) mass is 485 g/mol. The first kappa shape index (κ1) is 25.2. The summed E-state index contributed by atoms with van der Waals surface area (Å²) < 4.78 is 27.6. The molecule has 0 aliphatic rings. The maximum Gasteiger partial charge on any atom is 0.273 e. The van der Waals surface area contributed by atoms with E-state index in [9.17, 15) is 13.6 Å². The molecule has 0 radical (unpaired) electrons. The maximum atomic E-state index is 13.8. The number of nitrogens with one attached hydrogen (secondary N) is 1. The number of rotatable bonds is 10. The van der Waals surface area contributed by atoms with Crippen LogP contribution in [-0.4, -0.2) is 15.8 Å². The molecule has 1 aromatic heterocycles. The molecule has 0 bridgehead atoms. The summed E-state index contributed by atoms with van der Waals surface area (Å²) in [5.41, 5.74) is 4.38. The summed E-state index contributed by atoms with van der Waals surface area (Å²) in [6.07, 6.45) is 3.54. The lowest BCUT2D eigenvalue weighted by atomic mass is 9.99. The van der Waals surface area contributed by atoms with Crippen LogP contribution >= 0.6 is 0 Å². The van der Waals surface area contributed by atoms with E-state index in [1.54, 1.807) is 24.5 Å². The molecule has 0 aliphatic carbocycles. The Morgan fingerprint density at radius 3 is 2.06 bits per heavy atom. The summed E-state index contributed by atoms with van der Waals surface area (Å²) in [6, 6.07) is 23.9. The Morgan fingerprint density at radius 2 is 1.44 bits per heavy atom. The standard InChI is InChI=1S/C30H29F2N3O/c1-3-30(31,32)26-15-11-23(12-16-26)20-27(36)19-22-9-13-25(14-10-22)28-29(34-18-17-33-28)35-21(2)24-7-5-4-6-8-24/h4-18,21H,3,19-20H2,1-2H3,(H,34,35)/t21-/m0/s1. The van der Waals surface area contributed by atoms with E-state index < -0.39 is 5.92 Å². The Kier molecular flexibility index (Phi) is 7.84. The molecule has 184 valence electrons. The minimum Gasteiger partial charge on any atom is -0.362 e. The SMILES string of the molecule is CCC(F)(F)c1ccc(CC(=O)Cc2ccc(-c3nccnc3N[C@@H](C)c3ccccc3)cc2)cc1. The number of anilines is 1. The lowest BCUT2D eigenvalue weighted by Gasteiger charge is -2.17. The molecule has 0 aliphatic heterocycles. The summed E-state index contributed by atoms with van der Waals surface area (Å²) in [5.74, 6) is -2.13. The van der Waals surface area contributed by atoms with Crippen LogP contribution in [0.2, 0.25) is 0 Å². The van der Waals surface area contributed by atoms with Crippen LogP contribution in [-0.2, 0) is 23.6 Å². The third-order valence-electron chi connectivity index (χ3n) is 6.20. The van der Waals surface area contributed by atoms with Gasteiger partial charge in [0.15, 0.2) is 5.82 Å². The number of hydrogen-bond donors (Lipinski definition) is 1. The van der Waals surface area contributed by atoms with E-state index in [2.05, 4.69) is 34.3 Å². The van der Waals surface area contributed by atoms with Gasteiger partial charge < -0.3 is 5.32 Å². The number of hydrogen-bond acceptors (Lipinski definition) is 4. The van der Waals surface area contributed by atoms with E-state index in [1.165, 1.54) is 19.1 Å². The number of carbonyl (C=O) groups excluding carboxylic acids is 1. The molecule has 0 saturated heterocycles. The number of alkyl halides is 2. The molecule has 1 N–H and O–H groups in total. The van der Waals surface area contributed by atoms with Gasteiger partial charge in [0.25, 0.3) is 5.92 Å². The second-order valence-electron chi connectivity index (χ2n) is 8.87. The van der Waals surface area contributed by atoms with Crippen molar-refractivity contribution >= 4 is 11.6 Å². The first-order valence-corrected chi connectivity index (χ1v) is 12.1. The van der Waals surface area contributed by atoms with Crippen molar-refractivity contribution in [1.29, 1.82) is 0 Å². The Morgan fingerprint density at radius 1 is 0.861 bits per heavy atom. The fourth-order valence-corrected chi connectivity index (χ4v) is 4.05. The largest absolute Gasteiger partial charge is 0.362 e. The van der Waals surface area contributed by atoms with Crippen LogP contribution < -0.4 is 5.32 Å². The van der Waals surface area contributed by atoms with Gasteiger partial charge in [-0.25, -0.2) is 13.8 Å². The summed E-state index contributed by atoms with van der Waals surface area (Å²) in [6.45, 7) is 3.53. The third-order valence-corrected chi connectivity index (χ3v) is 6.20. The van der Waals surface area contributed by atoms with E-state index >= 15 is 0 Å². The number of ketones is 1. The molecule has 0 unspecified atom stereocenters. The van der Waals surface area contributed by atoms with E-state index in [-0.39, 0.29) is 36.7 Å². The molecule has 1 atom stereocenters. The Labute approximate surface area is 210 Å². The Hall–Kier alpha value is -3.93. The molecule has 0 fully saturated rings. The van der Waals surface area contributed by atoms with Gasteiger partial charge in [-0.2, -0.15) is 0 Å². The van der Waals surface area contributed by atoms with Crippen molar-refractivity contribution < 1.29 is 13.6 Å². The molecular formula is C30H29F2N3O. The van der Waals surface area contributed by atoms with Crippen LogP contribution in [0, 0.1) is 0 Å². The summed E-state index contributed by atoms with van der Waals surface area (Å²) in [4.78, 5) is 21.6. The Balaban J connectivity index is 1.41. The number of aromatic nitrogens is 2. The van der Waals surface area contributed by atoms with Crippen molar-refractivity contribution in [3.05, 3.63) is 114 Å². The number of benzene rings is 3. The Bertz CT molecular complexity index is 1290. The molecule has 0 spiro atoms. The van der Waals surface area contributed by atoms with Crippen LogP contribution in [0.5, 0.6) is 0 Å². The van der Waals surface area contributed by atoms with Gasteiger partial charge in [-0.05, 0) is 23.6 Å². The second-order valence-corrected chi connectivity index (χ2v) is 8.87. The van der Waals surface area contributed by atoms with Crippen molar-refractivity contribution in [2.45, 2.75) is 45.1 Å². The number of nitrogens with zero attached hydrogens (tertiary/aromatic N) is 2. The van der Waals surface area contributed by atoms with Crippen LogP contribution in [0.15, 0.2) is 91.3 Å². The molecule has 0 saturated carbocycles. The van der Waals surface area contributed by atoms with E-state index in [0.29, 0.717) is 5.82 Å². The molecule has 36 heavy (non-hydrogen) atoms. The van der Waals surface area contributed by atoms with Crippen LogP contribution in [0.25, 0.3) is 11.3 Å². The summed E-state index contributed by atoms with van der Waals surface area (Å²) in [7, 11) is 0. The third kappa shape index (κ3) is 6.19. The zero-order chi connectivity index (χ0) is 25.5. The van der Waals surface area contributed by atoms with Crippen LogP contribution in [0.1, 0.15) is 48.6 Å². The molecule has 6 heteroatoms. The van der Waals surface area contributed by atoms with Gasteiger partial charge in [0.1, 0.15) is 11.5 Å². The summed E-state index contributed by atoms with van der Waals surface area (Å²) in [5, 5.41) is 3.44. The van der Waals surface area contributed by atoms with Crippen molar-refractivity contribution in [1.82, 2.24) is 9.97 Å². The van der Waals surface area contributed by atoms with E-state index in [4.69, 9.17) is 0 Å². The number of carbonyl (C=O) groups is 1. The zero-order valence-corrected chi connectivity index (χ0v) is 20.4. The lowest BCUT2D eigenvalue weighted by molar-refractivity contribution is -0.117. The van der Waals surface area contributed by atoms with Gasteiger partial charge in [0, 0.05) is 42.8 Å². The number of Topliss-reactive ketones (excluding diaryl/α,β-unsaturated/α-hetero) is 1. The minimum atomic E-state index is -2.84. The lowest BCUT2D eigenvalue weighted by Crippen LogP contribution is -2.12. The zero-order valence-electron chi connectivity index (χ0n) is 20.4. The average Bonchev–Trinajstić information content (AvgIpc) is 2.90. The molecule has 4 rings (SSSR count). The maximum absolute atomic E-state index is 13.8. The molecule has 0 amide bonds.